The number of benzene rings is 2. The van der Waals surface area contributed by atoms with Gasteiger partial charge in [-0.1, -0.05) is 23.7 Å². The van der Waals surface area contributed by atoms with Crippen LogP contribution in [0.5, 0.6) is 11.5 Å². The highest BCUT2D eigenvalue weighted by atomic mass is 35.5. The summed E-state index contributed by atoms with van der Waals surface area (Å²) >= 11 is 5.85. The monoisotopic (exact) mass is 388 g/mol. The fourth-order valence-corrected chi connectivity index (χ4v) is 2.45. The molecule has 27 heavy (non-hydrogen) atoms. The second-order valence-corrected chi connectivity index (χ2v) is 6.26. The minimum atomic E-state index is -0.384. The number of rotatable bonds is 6. The molecule has 6 nitrogen and oxygen atoms in total. The zero-order chi connectivity index (χ0) is 20.0. The highest BCUT2D eigenvalue weighted by Gasteiger charge is 2.19. The number of nitrogens with one attached hydrogen (secondary N) is 1. The molecule has 0 spiro atoms. The molecule has 142 valence electrons. The van der Waals surface area contributed by atoms with E-state index in [2.05, 4.69) is 5.32 Å². The Hall–Kier alpha value is -2.99. The van der Waals surface area contributed by atoms with Crippen molar-refractivity contribution in [3.63, 3.8) is 0 Å². The molecule has 0 saturated carbocycles. The van der Waals surface area contributed by atoms with Crippen molar-refractivity contribution < 1.29 is 19.1 Å². The van der Waals surface area contributed by atoms with E-state index in [1.807, 2.05) is 0 Å². The zero-order valence-corrected chi connectivity index (χ0v) is 16.3. The molecule has 0 aliphatic heterocycles. The first kappa shape index (κ1) is 20.3. The number of carbonyl (C=O) groups excluding carboxylic acids is 2. The highest BCUT2D eigenvalue weighted by molar-refractivity contribution is 6.30. The van der Waals surface area contributed by atoms with E-state index in [4.69, 9.17) is 21.1 Å². The largest absolute Gasteiger partial charge is 0.493 e. The molecule has 2 aromatic carbocycles. The summed E-state index contributed by atoms with van der Waals surface area (Å²) < 4.78 is 10.5. The molecule has 2 rings (SSSR count). The molecule has 0 aromatic heterocycles. The minimum Gasteiger partial charge on any atom is -0.493 e. The van der Waals surface area contributed by atoms with Crippen LogP contribution in [-0.2, 0) is 4.79 Å². The Bertz CT molecular complexity index is 861. The van der Waals surface area contributed by atoms with Gasteiger partial charge in [-0.2, -0.15) is 0 Å². The molecule has 2 amide bonds. The van der Waals surface area contributed by atoms with Gasteiger partial charge in [-0.25, -0.2) is 0 Å². The third kappa shape index (κ3) is 5.24. The third-order valence-electron chi connectivity index (χ3n) is 3.72. The number of methoxy groups -OCH3 is 2. The van der Waals surface area contributed by atoms with Crippen LogP contribution in [0.3, 0.4) is 0 Å². The molecule has 0 bridgehead atoms. The van der Waals surface area contributed by atoms with Crippen LogP contribution < -0.4 is 14.8 Å². The van der Waals surface area contributed by atoms with Gasteiger partial charge in [-0.15, -0.1) is 0 Å². The summed E-state index contributed by atoms with van der Waals surface area (Å²) in [6.07, 6.45) is 3.03. The summed E-state index contributed by atoms with van der Waals surface area (Å²) in [7, 11) is 6.22. The average Bonchev–Trinajstić information content (AvgIpc) is 2.66. The fourth-order valence-electron chi connectivity index (χ4n) is 2.32. The Kier molecular flexibility index (Phi) is 6.85. The molecule has 0 aliphatic rings. The zero-order valence-electron chi connectivity index (χ0n) is 15.6. The highest BCUT2D eigenvalue weighted by Crippen LogP contribution is 2.34. The van der Waals surface area contributed by atoms with E-state index in [0.29, 0.717) is 27.8 Å². The normalized spacial score (nSPS) is 10.6. The number of nitrogens with zero attached hydrogens (tertiary/aromatic N) is 1. The Labute approximate surface area is 163 Å². The van der Waals surface area contributed by atoms with E-state index in [-0.39, 0.29) is 11.8 Å². The van der Waals surface area contributed by atoms with Gasteiger partial charge in [0.05, 0.1) is 25.5 Å². The van der Waals surface area contributed by atoms with E-state index < -0.39 is 0 Å². The minimum absolute atomic E-state index is 0.270. The van der Waals surface area contributed by atoms with Gasteiger partial charge in [0, 0.05) is 31.3 Å². The maximum atomic E-state index is 12.5. The summed E-state index contributed by atoms with van der Waals surface area (Å²) in [4.78, 5) is 26.2. The Morgan fingerprint density at radius 2 is 1.63 bits per heavy atom. The van der Waals surface area contributed by atoms with Crippen molar-refractivity contribution in [3.8, 4) is 11.5 Å². The van der Waals surface area contributed by atoms with Crippen LogP contribution in [0.1, 0.15) is 15.9 Å². The van der Waals surface area contributed by atoms with Crippen LogP contribution in [0.15, 0.2) is 42.5 Å². The lowest BCUT2D eigenvalue weighted by Gasteiger charge is -2.17. The van der Waals surface area contributed by atoms with Gasteiger partial charge in [0.25, 0.3) is 5.91 Å². The lowest BCUT2D eigenvalue weighted by molar-refractivity contribution is -0.111. The Morgan fingerprint density at radius 3 is 2.19 bits per heavy atom. The molecular weight excluding hydrogens is 368 g/mol. The predicted octanol–water partition coefficient (Wildman–Crippen LogP) is 3.71. The lowest BCUT2D eigenvalue weighted by atomic mass is 10.1. The van der Waals surface area contributed by atoms with Crippen LogP contribution in [-0.4, -0.2) is 45.0 Å². The van der Waals surface area contributed by atoms with Crippen molar-refractivity contribution in [2.24, 2.45) is 0 Å². The maximum Gasteiger partial charge on any atom is 0.255 e. The quantitative estimate of drug-likeness (QED) is 0.766. The first-order valence-corrected chi connectivity index (χ1v) is 8.45. The van der Waals surface area contributed by atoms with E-state index in [0.717, 1.165) is 5.56 Å². The fraction of sp³-hybridized carbons (Fsp3) is 0.200. The molecule has 7 heteroatoms. The molecule has 0 atom stereocenters. The van der Waals surface area contributed by atoms with E-state index in [1.165, 1.54) is 25.2 Å². The van der Waals surface area contributed by atoms with Gasteiger partial charge in [-0.3, -0.25) is 9.59 Å². The van der Waals surface area contributed by atoms with Gasteiger partial charge >= 0.3 is 0 Å². The Balaban J connectivity index is 2.30. The molecule has 2 aromatic rings. The van der Waals surface area contributed by atoms with Crippen molar-refractivity contribution in [3.05, 3.63) is 58.6 Å². The number of carbonyl (C=O) groups is 2. The van der Waals surface area contributed by atoms with Gasteiger partial charge < -0.3 is 19.7 Å². The summed E-state index contributed by atoms with van der Waals surface area (Å²) in [5, 5.41) is 3.34. The maximum absolute atomic E-state index is 12.5. The summed E-state index contributed by atoms with van der Waals surface area (Å²) in [6.45, 7) is 0. The van der Waals surface area contributed by atoms with Gasteiger partial charge in [0.2, 0.25) is 5.91 Å². The smallest absolute Gasteiger partial charge is 0.255 e. The van der Waals surface area contributed by atoms with Crippen LogP contribution in [0.25, 0.3) is 6.08 Å². The second kappa shape index (κ2) is 9.09. The van der Waals surface area contributed by atoms with Gasteiger partial charge in [0.1, 0.15) is 0 Å². The summed E-state index contributed by atoms with van der Waals surface area (Å²) in [5.74, 6) is 0.153. The van der Waals surface area contributed by atoms with Gasteiger partial charge in [-0.05, 0) is 29.8 Å². The lowest BCUT2D eigenvalue weighted by Crippen LogP contribution is -2.24. The molecule has 0 saturated heterocycles. The van der Waals surface area contributed by atoms with Crippen LogP contribution in [0, 0.1) is 0 Å². The number of halogens is 1. The summed E-state index contributed by atoms with van der Waals surface area (Å²) in [5.41, 5.74) is 1.45. The van der Waals surface area contributed by atoms with Crippen molar-refractivity contribution >= 4 is 35.2 Å². The molecule has 0 fully saturated rings. The number of hydrogen-bond acceptors (Lipinski definition) is 4. The standard InChI is InChI=1S/C20H21ClN2O4/c1-23(2)20(25)15-11-17(26-3)18(27-4)12-16(15)22-19(24)10-7-13-5-8-14(21)9-6-13/h5-12H,1-4H3,(H,22,24)/b10-7+. The Morgan fingerprint density at radius 1 is 1.04 bits per heavy atom. The molecular formula is C20H21ClN2O4. The van der Waals surface area contributed by atoms with E-state index in [9.17, 15) is 9.59 Å². The molecule has 0 radical (unpaired) electrons. The number of hydrogen-bond donors (Lipinski definition) is 1. The second-order valence-electron chi connectivity index (χ2n) is 5.83. The molecule has 0 aliphatic carbocycles. The van der Waals surface area contributed by atoms with Crippen LogP contribution in [0.4, 0.5) is 5.69 Å². The van der Waals surface area contributed by atoms with Crippen molar-refractivity contribution in [1.82, 2.24) is 4.90 Å². The van der Waals surface area contributed by atoms with Crippen molar-refractivity contribution in [1.29, 1.82) is 0 Å². The number of amides is 2. The molecule has 0 unspecified atom stereocenters. The van der Waals surface area contributed by atoms with Crippen molar-refractivity contribution in [2.75, 3.05) is 33.6 Å². The SMILES string of the molecule is COc1cc(NC(=O)/C=C/c2ccc(Cl)cc2)c(C(=O)N(C)C)cc1OC. The molecule has 1 N–H and O–H groups in total. The average molecular weight is 389 g/mol. The first-order valence-electron chi connectivity index (χ1n) is 8.08. The van der Waals surface area contributed by atoms with Crippen LogP contribution in [0.2, 0.25) is 5.02 Å². The van der Waals surface area contributed by atoms with Crippen LogP contribution >= 0.6 is 11.6 Å². The number of ether oxygens (including phenoxy) is 2. The topological polar surface area (TPSA) is 67.9 Å². The van der Waals surface area contributed by atoms with Crippen molar-refractivity contribution in [2.45, 2.75) is 0 Å². The third-order valence-corrected chi connectivity index (χ3v) is 3.97. The summed E-state index contributed by atoms with van der Waals surface area (Å²) in [6, 6.07) is 10.2. The van der Waals surface area contributed by atoms with Gasteiger partial charge in [0.15, 0.2) is 11.5 Å². The first-order chi connectivity index (χ1) is 12.8. The van der Waals surface area contributed by atoms with E-state index >= 15 is 0 Å². The van der Waals surface area contributed by atoms with E-state index in [1.54, 1.807) is 56.6 Å². The molecule has 0 heterocycles. The predicted molar refractivity (Wildman–Crippen MR) is 107 cm³/mol. The number of anilines is 1.